The zero-order valence-corrected chi connectivity index (χ0v) is 11.8. The minimum atomic E-state index is -0.384. The lowest BCUT2D eigenvalue weighted by Crippen LogP contribution is -2.53. The highest BCUT2D eigenvalue weighted by atomic mass is 79.9. The van der Waals surface area contributed by atoms with E-state index in [4.69, 9.17) is 5.26 Å². The number of hydrogen-bond donors (Lipinski definition) is 1. The van der Waals surface area contributed by atoms with E-state index in [0.717, 1.165) is 17.6 Å². The number of nitriles is 1. The van der Waals surface area contributed by atoms with Crippen molar-refractivity contribution in [3.05, 3.63) is 22.4 Å². The van der Waals surface area contributed by atoms with Crippen molar-refractivity contribution < 1.29 is 4.79 Å². The highest BCUT2D eigenvalue weighted by Crippen LogP contribution is 2.18. The lowest BCUT2D eigenvalue weighted by molar-refractivity contribution is 0.0676. The van der Waals surface area contributed by atoms with Gasteiger partial charge in [-0.05, 0) is 28.9 Å². The number of piperazine rings is 1. The fourth-order valence-electron chi connectivity index (χ4n) is 2.13. The topological polar surface area (TPSA) is 61.1 Å². The molecular formula is C12H15BrN4O. The van der Waals surface area contributed by atoms with Crippen molar-refractivity contribution in [3.63, 3.8) is 0 Å². The summed E-state index contributed by atoms with van der Waals surface area (Å²) in [4.78, 5) is 14.1. The van der Waals surface area contributed by atoms with Crippen LogP contribution < -0.4 is 5.32 Å². The Morgan fingerprint density at radius 1 is 1.72 bits per heavy atom. The first kappa shape index (κ1) is 13.1. The molecule has 2 heterocycles. The standard InChI is InChI=1S/C12H15BrN4O/c1-2-16-8-9(13)5-11(16)12(18)17-4-3-15-7-10(17)6-14/h5,8,10,15H,2-4,7H2,1H3. The molecule has 2 rings (SSSR count). The molecule has 0 saturated carbocycles. The summed E-state index contributed by atoms with van der Waals surface area (Å²) in [6.45, 7) is 4.57. The first-order chi connectivity index (χ1) is 8.67. The average molecular weight is 311 g/mol. The molecule has 18 heavy (non-hydrogen) atoms. The number of nitrogens with zero attached hydrogens (tertiary/aromatic N) is 3. The Morgan fingerprint density at radius 3 is 3.17 bits per heavy atom. The van der Waals surface area contributed by atoms with E-state index in [9.17, 15) is 4.79 Å². The van der Waals surface area contributed by atoms with Gasteiger partial charge in [0.25, 0.3) is 5.91 Å². The third-order valence-corrected chi connectivity index (χ3v) is 3.51. The van der Waals surface area contributed by atoms with Gasteiger partial charge in [-0.15, -0.1) is 0 Å². The van der Waals surface area contributed by atoms with Crippen LogP contribution in [0.4, 0.5) is 0 Å². The number of amides is 1. The van der Waals surface area contributed by atoms with E-state index in [1.54, 1.807) is 4.90 Å². The highest BCUT2D eigenvalue weighted by Gasteiger charge is 2.28. The highest BCUT2D eigenvalue weighted by molar-refractivity contribution is 9.10. The number of rotatable bonds is 2. The molecule has 0 aromatic carbocycles. The van der Waals surface area contributed by atoms with E-state index in [0.29, 0.717) is 18.8 Å². The van der Waals surface area contributed by atoms with Crippen molar-refractivity contribution in [2.24, 2.45) is 0 Å². The third kappa shape index (κ3) is 2.42. The zero-order valence-electron chi connectivity index (χ0n) is 10.2. The minimum Gasteiger partial charge on any atom is -0.343 e. The maximum Gasteiger partial charge on any atom is 0.271 e. The second-order valence-electron chi connectivity index (χ2n) is 4.18. The Bertz CT molecular complexity index is 491. The summed E-state index contributed by atoms with van der Waals surface area (Å²) in [6.07, 6.45) is 1.89. The molecule has 1 N–H and O–H groups in total. The summed E-state index contributed by atoms with van der Waals surface area (Å²) < 4.78 is 2.78. The summed E-state index contributed by atoms with van der Waals surface area (Å²) in [6, 6.07) is 3.59. The second-order valence-corrected chi connectivity index (χ2v) is 5.09. The fraction of sp³-hybridized carbons (Fsp3) is 0.500. The maximum absolute atomic E-state index is 12.5. The maximum atomic E-state index is 12.5. The predicted molar refractivity (Wildman–Crippen MR) is 71.1 cm³/mol. The molecule has 0 bridgehead atoms. The van der Waals surface area contributed by atoms with Gasteiger partial charge in [0.2, 0.25) is 0 Å². The van der Waals surface area contributed by atoms with Crippen LogP contribution in [-0.4, -0.2) is 41.1 Å². The first-order valence-corrected chi connectivity index (χ1v) is 6.73. The monoisotopic (exact) mass is 310 g/mol. The summed E-state index contributed by atoms with van der Waals surface area (Å²) in [5, 5.41) is 12.2. The van der Waals surface area contributed by atoms with Gasteiger partial charge >= 0.3 is 0 Å². The summed E-state index contributed by atoms with van der Waals surface area (Å²) >= 11 is 3.38. The van der Waals surface area contributed by atoms with Gasteiger partial charge in [-0.25, -0.2) is 0 Å². The Balaban J connectivity index is 2.27. The predicted octanol–water partition coefficient (Wildman–Crippen LogP) is 1.21. The van der Waals surface area contributed by atoms with Crippen LogP contribution in [0.3, 0.4) is 0 Å². The Labute approximate surface area is 114 Å². The first-order valence-electron chi connectivity index (χ1n) is 5.94. The summed E-state index contributed by atoms with van der Waals surface area (Å²) in [5.41, 5.74) is 0.631. The van der Waals surface area contributed by atoms with Gasteiger partial charge in [-0.1, -0.05) is 0 Å². The number of hydrogen-bond acceptors (Lipinski definition) is 3. The van der Waals surface area contributed by atoms with E-state index < -0.39 is 0 Å². The molecule has 5 nitrogen and oxygen atoms in total. The molecule has 1 aliphatic rings. The summed E-state index contributed by atoms with van der Waals surface area (Å²) in [5.74, 6) is -0.0735. The van der Waals surface area contributed by atoms with Gasteiger partial charge in [0.05, 0.1) is 6.07 Å². The molecule has 1 fully saturated rings. The third-order valence-electron chi connectivity index (χ3n) is 3.08. The number of nitrogens with one attached hydrogen (secondary N) is 1. The molecule has 0 aliphatic carbocycles. The smallest absolute Gasteiger partial charge is 0.271 e. The van der Waals surface area contributed by atoms with Crippen LogP contribution in [0.25, 0.3) is 0 Å². The van der Waals surface area contributed by atoms with Crippen LogP contribution in [0.2, 0.25) is 0 Å². The molecule has 6 heteroatoms. The van der Waals surface area contributed by atoms with Crippen molar-refractivity contribution in [2.75, 3.05) is 19.6 Å². The molecule has 1 aliphatic heterocycles. The van der Waals surface area contributed by atoms with E-state index in [2.05, 4.69) is 27.3 Å². The van der Waals surface area contributed by atoms with Gasteiger partial charge in [0, 0.05) is 36.8 Å². The van der Waals surface area contributed by atoms with Crippen LogP contribution >= 0.6 is 15.9 Å². The van der Waals surface area contributed by atoms with Crippen LogP contribution in [0.15, 0.2) is 16.7 Å². The van der Waals surface area contributed by atoms with Gasteiger partial charge in [0.1, 0.15) is 11.7 Å². The lowest BCUT2D eigenvalue weighted by atomic mass is 10.2. The van der Waals surface area contributed by atoms with E-state index in [-0.39, 0.29) is 11.9 Å². The Kier molecular flexibility index (Phi) is 4.04. The van der Waals surface area contributed by atoms with Crippen LogP contribution in [0.1, 0.15) is 17.4 Å². The molecule has 1 aromatic heterocycles. The number of aryl methyl sites for hydroxylation is 1. The van der Waals surface area contributed by atoms with Gasteiger partial charge in [-0.2, -0.15) is 5.26 Å². The lowest BCUT2D eigenvalue weighted by Gasteiger charge is -2.32. The molecule has 96 valence electrons. The van der Waals surface area contributed by atoms with Crippen molar-refractivity contribution in [3.8, 4) is 6.07 Å². The zero-order chi connectivity index (χ0) is 13.1. The summed E-state index contributed by atoms with van der Waals surface area (Å²) in [7, 11) is 0. The SMILES string of the molecule is CCn1cc(Br)cc1C(=O)N1CCNCC1C#N. The average Bonchev–Trinajstić information content (AvgIpc) is 2.79. The largest absolute Gasteiger partial charge is 0.343 e. The number of carbonyl (C=O) groups excluding carboxylic acids is 1. The van der Waals surface area contributed by atoms with Gasteiger partial charge in [-0.3, -0.25) is 4.79 Å². The second kappa shape index (κ2) is 5.55. The van der Waals surface area contributed by atoms with Crippen LogP contribution in [-0.2, 0) is 6.54 Å². The van der Waals surface area contributed by atoms with Crippen molar-refractivity contribution in [1.82, 2.24) is 14.8 Å². The van der Waals surface area contributed by atoms with Crippen molar-refractivity contribution in [1.29, 1.82) is 5.26 Å². The normalized spacial score (nSPS) is 19.6. The van der Waals surface area contributed by atoms with Gasteiger partial charge in [0.15, 0.2) is 0 Å². The molecule has 1 unspecified atom stereocenters. The molecule has 1 amide bonds. The van der Waals surface area contributed by atoms with E-state index >= 15 is 0 Å². The van der Waals surface area contributed by atoms with Gasteiger partial charge < -0.3 is 14.8 Å². The number of aromatic nitrogens is 1. The van der Waals surface area contributed by atoms with E-state index in [1.165, 1.54) is 0 Å². The molecule has 1 atom stereocenters. The van der Waals surface area contributed by atoms with E-state index in [1.807, 2.05) is 23.8 Å². The molecular weight excluding hydrogens is 296 g/mol. The molecule has 1 saturated heterocycles. The number of halogens is 1. The molecule has 0 spiro atoms. The Morgan fingerprint density at radius 2 is 2.50 bits per heavy atom. The molecule has 0 radical (unpaired) electrons. The number of carbonyl (C=O) groups is 1. The fourth-order valence-corrected chi connectivity index (χ4v) is 2.59. The Hall–Kier alpha value is -1.32. The quantitative estimate of drug-likeness (QED) is 0.893. The van der Waals surface area contributed by atoms with Crippen molar-refractivity contribution >= 4 is 21.8 Å². The van der Waals surface area contributed by atoms with Crippen LogP contribution in [0, 0.1) is 11.3 Å². The minimum absolute atomic E-state index is 0.0735. The molecule has 1 aromatic rings. The van der Waals surface area contributed by atoms with Crippen molar-refractivity contribution in [2.45, 2.75) is 19.5 Å². The van der Waals surface area contributed by atoms with Crippen LogP contribution in [0.5, 0.6) is 0 Å².